The third-order valence-corrected chi connectivity index (χ3v) is 3.69. The number of hydrogen-bond acceptors (Lipinski definition) is 2. The first-order chi connectivity index (χ1) is 8.15. The van der Waals surface area contributed by atoms with Crippen LogP contribution < -0.4 is 0 Å². The second-order valence-electron chi connectivity index (χ2n) is 3.47. The molecule has 2 nitrogen and oxygen atoms in total. The molecule has 0 radical (unpaired) electrons. The lowest BCUT2D eigenvalue weighted by atomic mass is 10.3. The van der Waals surface area contributed by atoms with Gasteiger partial charge in [0.15, 0.2) is 5.82 Å². The van der Waals surface area contributed by atoms with Crippen molar-refractivity contribution in [2.75, 3.05) is 0 Å². The molecule has 17 heavy (non-hydrogen) atoms. The van der Waals surface area contributed by atoms with Crippen LogP contribution in [-0.4, -0.2) is 9.97 Å². The molecule has 0 amide bonds. The van der Waals surface area contributed by atoms with E-state index in [0.29, 0.717) is 21.2 Å². The molecule has 0 bridgehead atoms. The van der Waals surface area contributed by atoms with Crippen molar-refractivity contribution in [1.82, 2.24) is 9.97 Å². The van der Waals surface area contributed by atoms with Gasteiger partial charge in [-0.05, 0) is 17.5 Å². The summed E-state index contributed by atoms with van der Waals surface area (Å²) < 4.78 is 26.5. The van der Waals surface area contributed by atoms with Gasteiger partial charge in [-0.2, -0.15) is 0 Å². The van der Waals surface area contributed by atoms with Gasteiger partial charge in [0.1, 0.15) is 17.2 Å². The Morgan fingerprint density at radius 1 is 1.29 bits per heavy atom. The number of fused-ring (bicyclic) bond motifs is 1. The van der Waals surface area contributed by atoms with E-state index in [4.69, 9.17) is 11.6 Å². The minimum atomic E-state index is -0.685. The Kier molecular flexibility index (Phi) is 2.38. The van der Waals surface area contributed by atoms with E-state index in [0.717, 1.165) is 6.07 Å². The number of nitrogens with one attached hydrogen (secondary N) is 1. The van der Waals surface area contributed by atoms with Crippen LogP contribution >= 0.6 is 22.9 Å². The minimum Gasteiger partial charge on any atom is -0.337 e. The molecule has 0 saturated heterocycles. The lowest BCUT2D eigenvalue weighted by Gasteiger charge is -1.90. The number of hydrogen-bond donors (Lipinski definition) is 1. The monoisotopic (exact) mass is 270 g/mol. The molecule has 0 saturated carbocycles. The fourth-order valence-corrected chi connectivity index (χ4v) is 2.70. The van der Waals surface area contributed by atoms with Crippen LogP contribution in [0.4, 0.5) is 8.78 Å². The highest BCUT2D eigenvalue weighted by molar-refractivity contribution is 7.14. The number of aromatic amines is 1. The maximum Gasteiger partial charge on any atom is 0.153 e. The Morgan fingerprint density at radius 3 is 2.82 bits per heavy atom. The van der Waals surface area contributed by atoms with E-state index < -0.39 is 11.6 Å². The molecule has 2 aromatic heterocycles. The van der Waals surface area contributed by atoms with Gasteiger partial charge < -0.3 is 4.98 Å². The summed E-state index contributed by atoms with van der Waals surface area (Å²) in [6.07, 6.45) is 0. The van der Waals surface area contributed by atoms with Gasteiger partial charge in [-0.1, -0.05) is 11.6 Å². The Hall–Kier alpha value is -1.46. The SMILES string of the molecule is Fc1cc(F)c2nc(-c3sccc3Cl)[nH]c2c1. The van der Waals surface area contributed by atoms with E-state index in [1.165, 1.54) is 17.4 Å². The normalized spacial score (nSPS) is 11.2. The third-order valence-electron chi connectivity index (χ3n) is 2.34. The summed E-state index contributed by atoms with van der Waals surface area (Å²) in [5.41, 5.74) is 0.438. The van der Waals surface area contributed by atoms with Gasteiger partial charge in [0.05, 0.1) is 15.4 Å². The van der Waals surface area contributed by atoms with Crippen LogP contribution in [0.2, 0.25) is 5.02 Å². The average Bonchev–Trinajstić information content (AvgIpc) is 2.83. The minimum absolute atomic E-state index is 0.117. The molecule has 3 rings (SSSR count). The molecule has 0 atom stereocenters. The fraction of sp³-hybridized carbons (Fsp3) is 0. The molecule has 1 aromatic carbocycles. The first-order valence-electron chi connectivity index (χ1n) is 4.73. The first kappa shape index (κ1) is 10.7. The van der Waals surface area contributed by atoms with Crippen LogP contribution in [0.25, 0.3) is 21.7 Å². The highest BCUT2D eigenvalue weighted by Crippen LogP contribution is 2.32. The van der Waals surface area contributed by atoms with E-state index in [2.05, 4.69) is 9.97 Å². The number of thiophene rings is 1. The van der Waals surface area contributed by atoms with Gasteiger partial charge in [0.2, 0.25) is 0 Å². The Bertz CT molecular complexity index is 705. The molecular weight excluding hydrogens is 266 g/mol. The second-order valence-corrected chi connectivity index (χ2v) is 4.79. The van der Waals surface area contributed by atoms with E-state index in [1.807, 2.05) is 5.38 Å². The molecule has 0 spiro atoms. The van der Waals surface area contributed by atoms with Crippen LogP contribution in [-0.2, 0) is 0 Å². The number of rotatable bonds is 1. The number of nitrogens with zero attached hydrogens (tertiary/aromatic N) is 1. The van der Waals surface area contributed by atoms with Crippen LogP contribution in [0.3, 0.4) is 0 Å². The van der Waals surface area contributed by atoms with E-state index >= 15 is 0 Å². The summed E-state index contributed by atoms with van der Waals surface area (Å²) in [5, 5.41) is 2.34. The summed E-state index contributed by atoms with van der Waals surface area (Å²) >= 11 is 7.34. The summed E-state index contributed by atoms with van der Waals surface area (Å²) in [5.74, 6) is -0.873. The number of H-pyrrole nitrogens is 1. The largest absolute Gasteiger partial charge is 0.337 e. The molecule has 6 heteroatoms. The zero-order valence-electron chi connectivity index (χ0n) is 8.30. The topological polar surface area (TPSA) is 28.7 Å². The van der Waals surface area contributed by atoms with Crippen molar-refractivity contribution in [2.24, 2.45) is 0 Å². The molecule has 3 aromatic rings. The van der Waals surface area contributed by atoms with Crippen LogP contribution in [0.15, 0.2) is 23.6 Å². The second kappa shape index (κ2) is 3.78. The van der Waals surface area contributed by atoms with Crippen molar-refractivity contribution in [3.05, 3.63) is 40.2 Å². The van der Waals surface area contributed by atoms with Crippen molar-refractivity contribution in [2.45, 2.75) is 0 Å². The number of halogens is 3. The average molecular weight is 271 g/mol. The Morgan fingerprint density at radius 2 is 2.12 bits per heavy atom. The predicted molar refractivity (Wildman–Crippen MR) is 64.3 cm³/mol. The molecule has 1 N–H and O–H groups in total. The first-order valence-corrected chi connectivity index (χ1v) is 5.99. The van der Waals surface area contributed by atoms with E-state index in [9.17, 15) is 8.78 Å². The lowest BCUT2D eigenvalue weighted by Crippen LogP contribution is -1.81. The summed E-state index contributed by atoms with van der Waals surface area (Å²) in [4.78, 5) is 7.65. The van der Waals surface area contributed by atoms with Gasteiger partial charge in [-0.3, -0.25) is 0 Å². The maximum absolute atomic E-state index is 13.5. The Labute approximate surface area is 104 Å². The van der Waals surface area contributed by atoms with Crippen LogP contribution in [0.5, 0.6) is 0 Å². The zero-order valence-corrected chi connectivity index (χ0v) is 9.87. The van der Waals surface area contributed by atoms with Gasteiger partial charge in [0, 0.05) is 6.07 Å². The summed E-state index contributed by atoms with van der Waals surface area (Å²) in [6.45, 7) is 0. The van der Waals surface area contributed by atoms with E-state index in [-0.39, 0.29) is 5.52 Å². The molecule has 0 unspecified atom stereocenters. The summed E-state index contributed by atoms with van der Waals surface area (Å²) in [6, 6.07) is 3.74. The highest BCUT2D eigenvalue weighted by atomic mass is 35.5. The van der Waals surface area contributed by atoms with Crippen molar-refractivity contribution >= 4 is 34.0 Å². The quantitative estimate of drug-likeness (QED) is 0.704. The molecular formula is C11H5ClF2N2S. The molecule has 2 heterocycles. The van der Waals surface area contributed by atoms with Crippen molar-refractivity contribution < 1.29 is 8.78 Å². The molecule has 0 aliphatic carbocycles. The van der Waals surface area contributed by atoms with Gasteiger partial charge in [-0.25, -0.2) is 13.8 Å². The zero-order chi connectivity index (χ0) is 12.0. The predicted octanol–water partition coefficient (Wildman–Crippen LogP) is 4.22. The maximum atomic E-state index is 13.5. The number of benzene rings is 1. The smallest absolute Gasteiger partial charge is 0.153 e. The van der Waals surface area contributed by atoms with Crippen molar-refractivity contribution in [3.8, 4) is 10.7 Å². The molecule has 86 valence electrons. The van der Waals surface area contributed by atoms with E-state index in [1.54, 1.807) is 6.07 Å². The van der Waals surface area contributed by atoms with Gasteiger partial charge >= 0.3 is 0 Å². The van der Waals surface area contributed by atoms with Crippen LogP contribution in [0.1, 0.15) is 0 Å². The third kappa shape index (κ3) is 1.71. The van der Waals surface area contributed by atoms with Crippen LogP contribution in [0, 0.1) is 11.6 Å². The highest BCUT2D eigenvalue weighted by Gasteiger charge is 2.13. The molecule has 0 aliphatic heterocycles. The Balaban J connectivity index is 2.27. The summed E-state index contributed by atoms with van der Waals surface area (Å²) in [7, 11) is 0. The van der Waals surface area contributed by atoms with Crippen molar-refractivity contribution in [3.63, 3.8) is 0 Å². The molecule has 0 fully saturated rings. The lowest BCUT2D eigenvalue weighted by molar-refractivity contribution is 0.591. The van der Waals surface area contributed by atoms with Crippen molar-refractivity contribution in [1.29, 1.82) is 0 Å². The number of aromatic nitrogens is 2. The van der Waals surface area contributed by atoms with Gasteiger partial charge in [-0.15, -0.1) is 11.3 Å². The molecule has 0 aliphatic rings. The number of imidazole rings is 1. The fourth-order valence-electron chi connectivity index (χ4n) is 1.61. The van der Waals surface area contributed by atoms with Gasteiger partial charge in [0.25, 0.3) is 0 Å². The standard InChI is InChI=1S/C11H5ClF2N2S/c12-6-1-2-17-10(6)11-15-8-4-5(13)3-7(14)9(8)16-11/h1-4H,(H,15,16).